The van der Waals surface area contributed by atoms with Gasteiger partial charge in [0.1, 0.15) is 0 Å². The molecule has 1 fully saturated rings. The number of amides is 2. The molecular formula is C18H19N3O4S. The summed E-state index contributed by atoms with van der Waals surface area (Å²) >= 11 is 0. The van der Waals surface area contributed by atoms with E-state index in [1.165, 1.54) is 4.31 Å². The monoisotopic (exact) mass is 373 g/mol. The summed E-state index contributed by atoms with van der Waals surface area (Å²) in [6.07, 6.45) is 0.567. The lowest BCUT2D eigenvalue weighted by atomic mass is 10.2. The first kappa shape index (κ1) is 17.9. The number of anilines is 3. The molecule has 0 aromatic heterocycles. The normalized spacial score (nSPS) is 15.5. The molecule has 136 valence electrons. The molecule has 2 N–H and O–H groups in total. The van der Waals surface area contributed by atoms with Crippen LogP contribution in [0.4, 0.5) is 17.1 Å². The summed E-state index contributed by atoms with van der Waals surface area (Å²) in [4.78, 5) is 24.1. The second-order valence-electron chi connectivity index (χ2n) is 6.07. The maximum absolute atomic E-state index is 12.1. The van der Waals surface area contributed by atoms with Crippen LogP contribution in [0.3, 0.4) is 0 Å². The summed E-state index contributed by atoms with van der Waals surface area (Å²) in [5.74, 6) is -1.51. The van der Waals surface area contributed by atoms with Gasteiger partial charge in [-0.2, -0.15) is 0 Å². The molecule has 1 heterocycles. The predicted octanol–water partition coefficient (Wildman–Crippen LogP) is 2.11. The fourth-order valence-electron chi connectivity index (χ4n) is 2.77. The third-order valence-corrected chi connectivity index (χ3v) is 5.84. The summed E-state index contributed by atoms with van der Waals surface area (Å²) in [6.45, 7) is 2.29. The molecule has 0 radical (unpaired) electrons. The van der Waals surface area contributed by atoms with Crippen LogP contribution in [0, 0.1) is 6.92 Å². The zero-order chi connectivity index (χ0) is 18.7. The van der Waals surface area contributed by atoms with Crippen LogP contribution in [-0.4, -0.2) is 32.5 Å². The molecule has 0 atom stereocenters. The molecule has 0 unspecified atom stereocenters. The highest BCUT2D eigenvalue weighted by Crippen LogP contribution is 2.26. The summed E-state index contributed by atoms with van der Waals surface area (Å²) < 4.78 is 25.3. The van der Waals surface area contributed by atoms with E-state index in [0.29, 0.717) is 30.0 Å². The van der Waals surface area contributed by atoms with E-state index in [0.717, 1.165) is 5.56 Å². The number of hydrogen-bond donors (Lipinski definition) is 2. The van der Waals surface area contributed by atoms with Crippen molar-refractivity contribution in [2.45, 2.75) is 13.3 Å². The van der Waals surface area contributed by atoms with Gasteiger partial charge in [-0.25, -0.2) is 8.42 Å². The quantitative estimate of drug-likeness (QED) is 0.806. The minimum Gasteiger partial charge on any atom is -0.318 e. The number of nitrogens with one attached hydrogen (secondary N) is 2. The molecule has 0 saturated carbocycles. The van der Waals surface area contributed by atoms with Gasteiger partial charge in [-0.05, 0) is 49.2 Å². The van der Waals surface area contributed by atoms with Crippen molar-refractivity contribution in [2.24, 2.45) is 0 Å². The molecule has 7 nitrogen and oxygen atoms in total. The first-order valence-corrected chi connectivity index (χ1v) is 9.75. The van der Waals surface area contributed by atoms with E-state index >= 15 is 0 Å². The average molecular weight is 373 g/mol. The highest BCUT2D eigenvalue weighted by atomic mass is 32.2. The van der Waals surface area contributed by atoms with Crippen molar-refractivity contribution < 1.29 is 18.0 Å². The first-order chi connectivity index (χ1) is 12.3. The Balaban J connectivity index is 1.69. The minimum atomic E-state index is -3.31. The lowest BCUT2D eigenvalue weighted by Gasteiger charge is -2.17. The fraction of sp³-hybridized carbons (Fsp3) is 0.222. The van der Waals surface area contributed by atoms with Crippen molar-refractivity contribution in [1.82, 2.24) is 0 Å². The molecule has 2 amide bonds. The summed E-state index contributed by atoms with van der Waals surface area (Å²) in [7, 11) is -3.31. The minimum absolute atomic E-state index is 0.114. The molecule has 2 aromatic carbocycles. The number of hydrogen-bond acceptors (Lipinski definition) is 4. The molecular weight excluding hydrogens is 354 g/mol. The number of aryl methyl sites for hydroxylation is 1. The molecule has 8 heteroatoms. The Hall–Kier alpha value is -2.87. The lowest BCUT2D eigenvalue weighted by molar-refractivity contribution is -0.132. The van der Waals surface area contributed by atoms with Crippen molar-refractivity contribution in [3.63, 3.8) is 0 Å². The smallest absolute Gasteiger partial charge is 0.314 e. The van der Waals surface area contributed by atoms with Gasteiger partial charge in [-0.1, -0.05) is 18.2 Å². The molecule has 0 spiro atoms. The fourth-order valence-corrected chi connectivity index (χ4v) is 4.32. The van der Waals surface area contributed by atoms with Gasteiger partial charge in [0, 0.05) is 17.9 Å². The van der Waals surface area contributed by atoms with Gasteiger partial charge in [0.2, 0.25) is 10.0 Å². The average Bonchev–Trinajstić information content (AvgIpc) is 2.94. The van der Waals surface area contributed by atoms with Crippen LogP contribution in [0.1, 0.15) is 12.0 Å². The van der Waals surface area contributed by atoms with Gasteiger partial charge in [0.15, 0.2) is 0 Å². The summed E-state index contributed by atoms with van der Waals surface area (Å²) in [6, 6.07) is 13.5. The van der Waals surface area contributed by atoms with E-state index in [1.807, 2.05) is 13.0 Å². The summed E-state index contributed by atoms with van der Waals surface area (Å²) in [5.41, 5.74) is 2.32. The molecule has 26 heavy (non-hydrogen) atoms. The van der Waals surface area contributed by atoms with Gasteiger partial charge >= 0.3 is 11.8 Å². The molecule has 0 aliphatic carbocycles. The van der Waals surface area contributed by atoms with Gasteiger partial charge in [-0.15, -0.1) is 0 Å². The second-order valence-corrected chi connectivity index (χ2v) is 8.08. The van der Waals surface area contributed by atoms with E-state index in [-0.39, 0.29) is 5.75 Å². The Bertz CT molecular complexity index is 956. The van der Waals surface area contributed by atoms with Crippen LogP contribution >= 0.6 is 0 Å². The van der Waals surface area contributed by atoms with Crippen LogP contribution in [0.15, 0.2) is 48.5 Å². The van der Waals surface area contributed by atoms with Crippen LogP contribution < -0.4 is 14.9 Å². The highest BCUT2D eigenvalue weighted by Gasteiger charge is 2.28. The van der Waals surface area contributed by atoms with E-state index in [4.69, 9.17) is 0 Å². The standard InChI is InChI=1S/C18H19N3O4S/c1-13-5-2-6-14(11-13)19-17(22)18(23)20-15-7-3-8-16(12-15)21-9-4-10-26(21,24)25/h2-3,5-8,11-12H,4,9-10H2,1H3,(H,19,22)(H,20,23). The van der Waals surface area contributed by atoms with Crippen molar-refractivity contribution in [1.29, 1.82) is 0 Å². The van der Waals surface area contributed by atoms with Gasteiger partial charge in [0.25, 0.3) is 0 Å². The number of sulfonamides is 1. The van der Waals surface area contributed by atoms with Gasteiger partial charge in [-0.3, -0.25) is 13.9 Å². The summed E-state index contributed by atoms with van der Waals surface area (Å²) in [5, 5.41) is 5.02. The Labute approximate surface area is 152 Å². The molecule has 1 aliphatic rings. The highest BCUT2D eigenvalue weighted by molar-refractivity contribution is 7.93. The zero-order valence-corrected chi connectivity index (χ0v) is 15.0. The predicted molar refractivity (Wildman–Crippen MR) is 101 cm³/mol. The van der Waals surface area contributed by atoms with Gasteiger partial charge < -0.3 is 10.6 Å². The van der Waals surface area contributed by atoms with Crippen LogP contribution in [0.25, 0.3) is 0 Å². The SMILES string of the molecule is Cc1cccc(NC(=O)C(=O)Nc2cccc(N3CCCS3(=O)=O)c2)c1. The van der Waals surface area contributed by atoms with Crippen LogP contribution in [0.2, 0.25) is 0 Å². The van der Waals surface area contributed by atoms with Crippen molar-refractivity contribution in [3.05, 3.63) is 54.1 Å². The van der Waals surface area contributed by atoms with E-state index in [1.54, 1.807) is 42.5 Å². The van der Waals surface area contributed by atoms with Gasteiger partial charge in [0.05, 0.1) is 11.4 Å². The first-order valence-electron chi connectivity index (χ1n) is 8.15. The topological polar surface area (TPSA) is 95.6 Å². The Kier molecular flexibility index (Phi) is 4.94. The number of rotatable bonds is 3. The third-order valence-electron chi connectivity index (χ3n) is 3.97. The molecule has 0 bridgehead atoms. The number of nitrogens with zero attached hydrogens (tertiary/aromatic N) is 1. The number of carbonyl (C=O) groups excluding carboxylic acids is 2. The zero-order valence-electron chi connectivity index (χ0n) is 14.2. The maximum atomic E-state index is 12.1. The third kappa shape index (κ3) is 4.02. The van der Waals surface area contributed by atoms with E-state index in [9.17, 15) is 18.0 Å². The largest absolute Gasteiger partial charge is 0.318 e. The molecule has 3 rings (SSSR count). The van der Waals surface area contributed by atoms with Crippen molar-refractivity contribution >= 4 is 38.9 Å². The lowest BCUT2D eigenvalue weighted by Crippen LogP contribution is -2.29. The number of carbonyl (C=O) groups is 2. The molecule has 1 aliphatic heterocycles. The van der Waals surface area contributed by atoms with Crippen molar-refractivity contribution in [3.8, 4) is 0 Å². The second kappa shape index (κ2) is 7.17. The van der Waals surface area contributed by atoms with E-state index < -0.39 is 21.8 Å². The van der Waals surface area contributed by atoms with Crippen LogP contribution in [0.5, 0.6) is 0 Å². The Morgan fingerprint density at radius 2 is 1.58 bits per heavy atom. The number of benzene rings is 2. The Morgan fingerprint density at radius 3 is 2.15 bits per heavy atom. The van der Waals surface area contributed by atoms with Crippen molar-refractivity contribution in [2.75, 3.05) is 27.2 Å². The van der Waals surface area contributed by atoms with Crippen LogP contribution in [-0.2, 0) is 19.6 Å². The molecule has 1 saturated heterocycles. The van der Waals surface area contributed by atoms with E-state index in [2.05, 4.69) is 10.6 Å². The maximum Gasteiger partial charge on any atom is 0.314 e. The molecule has 2 aromatic rings. The Morgan fingerprint density at radius 1 is 0.962 bits per heavy atom.